The second-order valence-electron chi connectivity index (χ2n) is 6.51. The molecule has 13 heteroatoms. The van der Waals surface area contributed by atoms with Gasteiger partial charge in [0.05, 0.1) is 13.2 Å². The average Bonchev–Trinajstić information content (AvgIpc) is 2.66. The molecular weight excluding hydrogens is 376 g/mol. The predicted molar refractivity (Wildman–Crippen MR) is 80.6 cm³/mol. The van der Waals surface area contributed by atoms with Gasteiger partial charge in [-0.2, -0.15) is 0 Å². The summed E-state index contributed by atoms with van der Waals surface area (Å²) in [4.78, 5) is 0. The molecule has 10 N–H and O–H groups in total. The van der Waals surface area contributed by atoms with E-state index >= 15 is 0 Å². The van der Waals surface area contributed by atoms with Gasteiger partial charge >= 0.3 is 0 Å². The van der Waals surface area contributed by atoms with Crippen molar-refractivity contribution < 1.29 is 65.3 Å². The van der Waals surface area contributed by atoms with Crippen LogP contribution in [0.3, 0.4) is 0 Å². The van der Waals surface area contributed by atoms with Crippen LogP contribution in [0.1, 0.15) is 0 Å². The summed E-state index contributed by atoms with van der Waals surface area (Å²) in [7, 11) is 0. The minimum atomic E-state index is -1.93. The van der Waals surface area contributed by atoms with Gasteiger partial charge in [-0.3, -0.25) is 0 Å². The van der Waals surface area contributed by atoms with Crippen molar-refractivity contribution in [3.8, 4) is 0 Å². The van der Waals surface area contributed by atoms with E-state index in [0.717, 1.165) is 0 Å². The molecule has 0 amide bonds. The average molecular weight is 402 g/mol. The molecule has 2 aliphatic heterocycles. The van der Waals surface area contributed by atoms with E-state index in [2.05, 4.69) is 0 Å². The summed E-state index contributed by atoms with van der Waals surface area (Å²) in [6, 6.07) is 0. The minimum absolute atomic E-state index is 0.838. The third kappa shape index (κ3) is 4.56. The maximum atomic E-state index is 10.2. The van der Waals surface area contributed by atoms with Crippen LogP contribution in [-0.2, 0) is 14.2 Å². The Bertz CT molecular complexity index is 466. The van der Waals surface area contributed by atoms with Gasteiger partial charge in [0.15, 0.2) is 12.6 Å². The number of hydrogen-bond acceptors (Lipinski definition) is 13. The highest BCUT2D eigenvalue weighted by molar-refractivity contribution is 4.96. The molecule has 2 fully saturated rings. The molecule has 2 saturated heterocycles. The van der Waals surface area contributed by atoms with Crippen molar-refractivity contribution in [1.29, 1.82) is 0 Å². The Morgan fingerprint density at radius 3 is 1.70 bits per heavy atom. The molecule has 2 aliphatic rings. The predicted octanol–water partition coefficient (Wildman–Crippen LogP) is -6.68. The van der Waals surface area contributed by atoms with Crippen LogP contribution < -0.4 is 0 Å². The Morgan fingerprint density at radius 1 is 0.667 bits per heavy atom. The van der Waals surface area contributed by atoms with Gasteiger partial charge in [0.1, 0.15) is 61.0 Å². The molecule has 160 valence electrons. The van der Waals surface area contributed by atoms with Crippen molar-refractivity contribution in [2.24, 2.45) is 0 Å². The fraction of sp³-hybridized carbons (Fsp3) is 1.00. The van der Waals surface area contributed by atoms with Crippen LogP contribution in [0.5, 0.6) is 0 Å². The lowest BCUT2D eigenvalue weighted by Gasteiger charge is -2.46. The second-order valence-corrected chi connectivity index (χ2v) is 6.51. The Kier molecular flexibility index (Phi) is 7.86. The summed E-state index contributed by atoms with van der Waals surface area (Å²) in [5.74, 6) is 0. The minimum Gasteiger partial charge on any atom is -0.394 e. The van der Waals surface area contributed by atoms with E-state index in [0.29, 0.717) is 0 Å². The Balaban J connectivity index is 2.18. The smallest absolute Gasteiger partial charge is 0.187 e. The van der Waals surface area contributed by atoms with E-state index in [1.807, 2.05) is 0 Å². The van der Waals surface area contributed by atoms with Gasteiger partial charge in [-0.05, 0) is 0 Å². The van der Waals surface area contributed by atoms with E-state index in [1.54, 1.807) is 0 Å². The fourth-order valence-corrected chi connectivity index (χ4v) is 3.02. The molecule has 0 aliphatic carbocycles. The molecule has 0 aromatic heterocycles. The van der Waals surface area contributed by atoms with Crippen LogP contribution in [0.2, 0.25) is 0 Å². The summed E-state index contributed by atoms with van der Waals surface area (Å²) in [6.45, 7) is -1.68. The first-order chi connectivity index (χ1) is 12.6. The number of ether oxygens (including phenoxy) is 3. The van der Waals surface area contributed by atoms with Gasteiger partial charge in [-0.15, -0.1) is 0 Å². The van der Waals surface area contributed by atoms with Crippen LogP contribution in [0.4, 0.5) is 0 Å². The van der Waals surface area contributed by atoms with E-state index < -0.39 is 86.8 Å². The molecule has 13 nitrogen and oxygen atoms in total. The number of hydrogen-bond donors (Lipinski definition) is 10. The summed E-state index contributed by atoms with van der Waals surface area (Å²) in [5, 5.41) is 97.0. The van der Waals surface area contributed by atoms with Gasteiger partial charge in [0, 0.05) is 0 Å². The lowest BCUT2D eigenvalue weighted by atomic mass is 9.93. The van der Waals surface area contributed by atoms with E-state index in [4.69, 9.17) is 24.4 Å². The highest BCUT2D eigenvalue weighted by Gasteiger charge is 2.52. The summed E-state index contributed by atoms with van der Waals surface area (Å²) in [6.07, 6.45) is -21.1. The van der Waals surface area contributed by atoms with E-state index in [1.165, 1.54) is 0 Å². The van der Waals surface area contributed by atoms with Gasteiger partial charge in [-0.25, -0.2) is 0 Å². The van der Waals surface area contributed by atoms with Crippen molar-refractivity contribution in [2.45, 2.75) is 73.6 Å². The number of aliphatic hydroxyl groups excluding tert-OH is 10. The van der Waals surface area contributed by atoms with Crippen molar-refractivity contribution >= 4 is 0 Å². The lowest BCUT2D eigenvalue weighted by Crippen LogP contribution is -2.66. The van der Waals surface area contributed by atoms with Crippen molar-refractivity contribution in [1.82, 2.24) is 0 Å². The second kappa shape index (κ2) is 9.32. The molecule has 12 atom stereocenters. The molecule has 0 aromatic carbocycles. The van der Waals surface area contributed by atoms with E-state index in [-0.39, 0.29) is 0 Å². The standard InChI is InChI=1S/C14H26O13/c15-1-3(17)10-6(20)5(19)7(21)14(26-10)27-12-8(22)11(4(18)2-16)25-13(24)9(12)23/h3-24H,1-2H2. The molecule has 0 aromatic rings. The maximum absolute atomic E-state index is 10.2. The third-order valence-electron chi connectivity index (χ3n) is 4.63. The molecule has 0 saturated carbocycles. The summed E-state index contributed by atoms with van der Waals surface area (Å²) >= 11 is 0. The Morgan fingerprint density at radius 2 is 1.19 bits per heavy atom. The first-order valence-electron chi connectivity index (χ1n) is 8.26. The third-order valence-corrected chi connectivity index (χ3v) is 4.63. The zero-order valence-electron chi connectivity index (χ0n) is 14.0. The topological polar surface area (TPSA) is 230 Å². The molecule has 27 heavy (non-hydrogen) atoms. The Hall–Kier alpha value is -0.520. The highest BCUT2D eigenvalue weighted by atomic mass is 16.7. The first-order valence-corrected chi connectivity index (χ1v) is 8.26. The SMILES string of the molecule is OCC(O)C1OC(OC2C(O)C(O)OC(C(O)CO)C2O)C(O)C(O)C1O. The molecule has 0 bridgehead atoms. The maximum Gasteiger partial charge on any atom is 0.187 e. The largest absolute Gasteiger partial charge is 0.394 e. The van der Waals surface area contributed by atoms with Gasteiger partial charge < -0.3 is 65.3 Å². The zero-order chi connectivity index (χ0) is 20.5. The summed E-state index contributed by atoms with van der Waals surface area (Å²) < 4.78 is 15.2. The van der Waals surface area contributed by atoms with Crippen LogP contribution in [0.25, 0.3) is 0 Å². The van der Waals surface area contributed by atoms with Crippen molar-refractivity contribution in [2.75, 3.05) is 13.2 Å². The van der Waals surface area contributed by atoms with E-state index in [9.17, 15) is 40.9 Å². The van der Waals surface area contributed by atoms with Gasteiger partial charge in [-0.1, -0.05) is 0 Å². The highest BCUT2D eigenvalue weighted by Crippen LogP contribution is 2.30. The molecular formula is C14H26O13. The molecule has 2 rings (SSSR count). The zero-order valence-corrected chi connectivity index (χ0v) is 14.0. The van der Waals surface area contributed by atoms with Crippen LogP contribution in [-0.4, -0.2) is 138 Å². The molecule has 0 radical (unpaired) electrons. The number of rotatable bonds is 6. The summed E-state index contributed by atoms with van der Waals surface area (Å²) in [5.41, 5.74) is 0. The molecule has 0 spiro atoms. The van der Waals surface area contributed by atoms with Crippen LogP contribution in [0, 0.1) is 0 Å². The lowest BCUT2D eigenvalue weighted by molar-refractivity contribution is -0.363. The van der Waals surface area contributed by atoms with Crippen LogP contribution in [0.15, 0.2) is 0 Å². The molecule has 12 unspecified atom stereocenters. The quantitative estimate of drug-likeness (QED) is 0.199. The van der Waals surface area contributed by atoms with Gasteiger partial charge in [0.25, 0.3) is 0 Å². The molecule has 2 heterocycles. The fourth-order valence-electron chi connectivity index (χ4n) is 3.02. The van der Waals surface area contributed by atoms with Crippen molar-refractivity contribution in [3.05, 3.63) is 0 Å². The monoisotopic (exact) mass is 402 g/mol. The first kappa shape index (κ1) is 22.8. The number of aliphatic hydroxyl groups is 10. The van der Waals surface area contributed by atoms with Crippen LogP contribution >= 0.6 is 0 Å². The van der Waals surface area contributed by atoms with Gasteiger partial charge in [0.2, 0.25) is 0 Å². The van der Waals surface area contributed by atoms with Crippen molar-refractivity contribution in [3.63, 3.8) is 0 Å². The Labute approximate surface area is 153 Å². The normalized spacial score (nSPS) is 48.2.